The molecule has 4 unspecified atom stereocenters. The average molecular weight is 554 g/mol. The van der Waals surface area contributed by atoms with Crippen molar-refractivity contribution in [2.24, 2.45) is 17.8 Å². The Hall–Kier alpha value is -4.79. The number of carboxylic acid groups (broad SMARTS) is 1. The normalized spacial score (nSPS) is 25.4. The fraction of sp³-hybridized carbons (Fsp3) is 0.281. The zero-order valence-corrected chi connectivity index (χ0v) is 22.4. The Morgan fingerprint density at radius 1 is 1.05 bits per heavy atom. The first kappa shape index (κ1) is 26.4. The summed E-state index contributed by atoms with van der Waals surface area (Å²) in [5.41, 5.74) is 2.06. The molecule has 0 saturated carbocycles. The minimum Gasteiger partial charge on any atom is -0.504 e. The van der Waals surface area contributed by atoms with Gasteiger partial charge in [-0.05, 0) is 62.9 Å². The number of nitrogens with zero attached hydrogens (tertiary/aromatic N) is 1. The molecule has 4 aliphatic rings. The van der Waals surface area contributed by atoms with Crippen molar-refractivity contribution in [1.29, 1.82) is 0 Å². The third-order valence-electron chi connectivity index (χ3n) is 8.55. The quantitative estimate of drug-likeness (QED) is 0.320. The highest BCUT2D eigenvalue weighted by molar-refractivity contribution is 6.25. The van der Waals surface area contributed by atoms with Crippen LogP contribution in [0.3, 0.4) is 0 Å². The predicted molar refractivity (Wildman–Crippen MR) is 146 cm³/mol. The maximum absolute atomic E-state index is 14.0. The van der Waals surface area contributed by atoms with Gasteiger partial charge < -0.3 is 14.9 Å². The Kier molecular flexibility index (Phi) is 6.25. The van der Waals surface area contributed by atoms with Gasteiger partial charge >= 0.3 is 5.97 Å². The van der Waals surface area contributed by atoms with Gasteiger partial charge in [0.15, 0.2) is 23.1 Å². The summed E-state index contributed by atoms with van der Waals surface area (Å²) in [5, 5.41) is 20.7. The molecule has 1 fully saturated rings. The molecule has 1 saturated heterocycles. The first-order valence-electron chi connectivity index (χ1n) is 13.5. The SMILES string of the molecule is CCOc1cccc(C2C3=CCC4C(=O)N(c5cccc(C(=O)O)c5)C(=O)C4C3CC3=C2C(=O)C=C(C)C3=O)c1O. The van der Waals surface area contributed by atoms with Crippen LogP contribution in [-0.2, 0) is 19.2 Å². The van der Waals surface area contributed by atoms with Crippen molar-refractivity contribution < 1.29 is 38.9 Å². The van der Waals surface area contributed by atoms with E-state index in [1.54, 1.807) is 32.0 Å². The van der Waals surface area contributed by atoms with Crippen molar-refractivity contribution in [2.45, 2.75) is 32.6 Å². The van der Waals surface area contributed by atoms with Gasteiger partial charge in [-0.2, -0.15) is 0 Å². The van der Waals surface area contributed by atoms with Crippen LogP contribution in [0, 0.1) is 17.8 Å². The van der Waals surface area contributed by atoms with Gasteiger partial charge in [-0.15, -0.1) is 0 Å². The van der Waals surface area contributed by atoms with E-state index < -0.39 is 41.5 Å². The summed E-state index contributed by atoms with van der Waals surface area (Å²) in [6, 6.07) is 10.7. The lowest BCUT2D eigenvalue weighted by Gasteiger charge is -2.42. The number of aromatic hydroxyl groups is 1. The molecular formula is C32H27NO8. The summed E-state index contributed by atoms with van der Waals surface area (Å²) in [7, 11) is 0. The zero-order chi connectivity index (χ0) is 29.2. The second kappa shape index (κ2) is 9.69. The number of para-hydroxylation sites is 1. The number of Topliss-reactive ketones (excluding diaryl/α,β-unsaturated/α-hetero) is 1. The average Bonchev–Trinajstić information content (AvgIpc) is 3.21. The summed E-state index contributed by atoms with van der Waals surface area (Å²) in [6.07, 6.45) is 3.49. The second-order valence-corrected chi connectivity index (χ2v) is 10.7. The summed E-state index contributed by atoms with van der Waals surface area (Å²) in [5.74, 6) is -5.55. The second-order valence-electron chi connectivity index (χ2n) is 10.7. The van der Waals surface area contributed by atoms with Crippen LogP contribution in [0.15, 0.2) is 76.9 Å². The minimum atomic E-state index is -1.18. The molecule has 6 rings (SSSR count). The number of benzene rings is 2. The maximum atomic E-state index is 14.0. The molecule has 2 aromatic carbocycles. The number of phenolic OH excluding ortho intramolecular Hbond substituents is 1. The largest absolute Gasteiger partial charge is 0.504 e. The van der Waals surface area contributed by atoms with Crippen LogP contribution in [0.25, 0.3) is 0 Å². The smallest absolute Gasteiger partial charge is 0.335 e. The van der Waals surface area contributed by atoms with E-state index >= 15 is 0 Å². The molecule has 0 aromatic heterocycles. The Morgan fingerprint density at radius 3 is 2.54 bits per heavy atom. The number of anilines is 1. The molecular weight excluding hydrogens is 526 g/mol. The number of amides is 2. The number of imide groups is 1. The monoisotopic (exact) mass is 553 g/mol. The van der Waals surface area contributed by atoms with E-state index in [0.29, 0.717) is 23.3 Å². The highest BCUT2D eigenvalue weighted by atomic mass is 16.5. The lowest BCUT2D eigenvalue weighted by molar-refractivity contribution is -0.123. The Morgan fingerprint density at radius 2 is 1.80 bits per heavy atom. The van der Waals surface area contributed by atoms with E-state index in [9.17, 15) is 34.2 Å². The molecule has 0 radical (unpaired) electrons. The molecule has 2 N–H and O–H groups in total. The molecule has 1 aliphatic heterocycles. The van der Waals surface area contributed by atoms with Gasteiger partial charge in [-0.1, -0.05) is 29.8 Å². The van der Waals surface area contributed by atoms with Gasteiger partial charge in [0.25, 0.3) is 0 Å². The maximum Gasteiger partial charge on any atom is 0.335 e. The number of hydrogen-bond donors (Lipinski definition) is 2. The molecule has 41 heavy (non-hydrogen) atoms. The number of carbonyl (C=O) groups is 5. The molecule has 9 heteroatoms. The summed E-state index contributed by atoms with van der Waals surface area (Å²) >= 11 is 0. The number of ketones is 2. The van der Waals surface area contributed by atoms with Crippen molar-refractivity contribution in [3.8, 4) is 11.5 Å². The van der Waals surface area contributed by atoms with Crippen LogP contribution < -0.4 is 9.64 Å². The lowest BCUT2D eigenvalue weighted by atomic mass is 9.59. The van der Waals surface area contributed by atoms with Crippen LogP contribution in [0.5, 0.6) is 11.5 Å². The number of hydrogen-bond acceptors (Lipinski definition) is 7. The molecule has 2 aromatic rings. The van der Waals surface area contributed by atoms with Crippen molar-refractivity contribution in [3.63, 3.8) is 0 Å². The number of ether oxygens (including phenoxy) is 1. The number of allylic oxidation sites excluding steroid dienone is 6. The number of carbonyl (C=O) groups excluding carboxylic acids is 4. The first-order chi connectivity index (χ1) is 19.6. The Labute approximate surface area is 235 Å². The number of rotatable bonds is 5. The van der Waals surface area contributed by atoms with E-state index in [-0.39, 0.29) is 58.3 Å². The number of aromatic carboxylic acids is 1. The molecule has 2 amide bonds. The van der Waals surface area contributed by atoms with Crippen LogP contribution in [0.4, 0.5) is 5.69 Å². The lowest BCUT2D eigenvalue weighted by Crippen LogP contribution is -2.39. The van der Waals surface area contributed by atoms with Gasteiger partial charge in [0.2, 0.25) is 11.8 Å². The van der Waals surface area contributed by atoms with Crippen molar-refractivity contribution in [3.05, 3.63) is 88.0 Å². The molecule has 9 nitrogen and oxygen atoms in total. The predicted octanol–water partition coefficient (Wildman–Crippen LogP) is 4.12. The Balaban J connectivity index is 1.49. The van der Waals surface area contributed by atoms with Gasteiger partial charge in [0.05, 0.1) is 29.7 Å². The standard InChI is InChI=1S/C32H27NO8/c1-3-41-24-9-5-8-19(29(24)36)25-18-10-11-20-26(21(18)14-22-27(25)23(34)12-15(2)28(22)35)31(38)33(30(20)37)17-7-4-6-16(13-17)32(39)40/h4-10,12-13,20-21,25-26,36H,3,11,14H2,1-2H3,(H,39,40). The van der Waals surface area contributed by atoms with Crippen molar-refractivity contribution in [2.75, 3.05) is 11.5 Å². The highest BCUT2D eigenvalue weighted by Gasteiger charge is 2.57. The van der Waals surface area contributed by atoms with Crippen molar-refractivity contribution in [1.82, 2.24) is 0 Å². The van der Waals surface area contributed by atoms with E-state index in [2.05, 4.69) is 0 Å². The minimum absolute atomic E-state index is 0.0532. The zero-order valence-electron chi connectivity index (χ0n) is 22.4. The number of fused-ring (bicyclic) bond motifs is 3. The van der Waals surface area contributed by atoms with Crippen LogP contribution in [0.2, 0.25) is 0 Å². The molecule has 1 heterocycles. The molecule has 0 spiro atoms. The van der Waals surface area contributed by atoms with E-state index in [0.717, 1.165) is 4.90 Å². The van der Waals surface area contributed by atoms with E-state index in [1.807, 2.05) is 6.08 Å². The molecule has 0 bridgehead atoms. The summed E-state index contributed by atoms with van der Waals surface area (Å²) < 4.78 is 5.60. The van der Waals surface area contributed by atoms with Gasteiger partial charge in [-0.3, -0.25) is 24.1 Å². The van der Waals surface area contributed by atoms with Gasteiger partial charge in [0, 0.05) is 28.2 Å². The molecule has 3 aliphatic carbocycles. The van der Waals surface area contributed by atoms with Crippen molar-refractivity contribution >= 4 is 35.0 Å². The van der Waals surface area contributed by atoms with E-state index in [1.165, 1.54) is 30.3 Å². The van der Waals surface area contributed by atoms with Crippen LogP contribution in [0.1, 0.15) is 48.5 Å². The summed E-state index contributed by atoms with van der Waals surface area (Å²) in [6.45, 7) is 3.66. The van der Waals surface area contributed by atoms with E-state index in [4.69, 9.17) is 4.74 Å². The van der Waals surface area contributed by atoms with Crippen LogP contribution in [-0.4, -0.2) is 46.2 Å². The fourth-order valence-electron chi connectivity index (χ4n) is 6.81. The highest BCUT2D eigenvalue weighted by Crippen LogP contribution is 2.57. The van der Waals surface area contributed by atoms with Crippen LogP contribution >= 0.6 is 0 Å². The van der Waals surface area contributed by atoms with Gasteiger partial charge in [0.1, 0.15) is 0 Å². The molecule has 4 atom stereocenters. The fourth-order valence-corrected chi connectivity index (χ4v) is 6.81. The van der Waals surface area contributed by atoms with Gasteiger partial charge in [-0.25, -0.2) is 4.79 Å². The number of carboxylic acids is 1. The topological polar surface area (TPSA) is 138 Å². The first-order valence-corrected chi connectivity index (χ1v) is 13.5. The third-order valence-corrected chi connectivity index (χ3v) is 8.55. The molecule has 208 valence electrons. The Bertz CT molecular complexity index is 1660. The number of phenols is 1. The third kappa shape index (κ3) is 3.95. The summed E-state index contributed by atoms with van der Waals surface area (Å²) in [4.78, 5) is 67.1.